The Hall–Kier alpha value is -2.48. The normalized spacial score (nSPS) is 24.0. The summed E-state index contributed by atoms with van der Waals surface area (Å²) >= 11 is 6.12. The van der Waals surface area contributed by atoms with Crippen molar-refractivity contribution in [2.24, 2.45) is 4.99 Å². The number of nitrogens with one attached hydrogen (secondary N) is 3. The van der Waals surface area contributed by atoms with Crippen molar-refractivity contribution in [1.29, 1.82) is 0 Å². The highest BCUT2D eigenvalue weighted by molar-refractivity contribution is 6.30. The number of aliphatic imine (C=N–C) groups is 1. The lowest BCUT2D eigenvalue weighted by Crippen LogP contribution is -2.44. The first-order valence-electron chi connectivity index (χ1n) is 11.1. The minimum absolute atomic E-state index is 0.152. The van der Waals surface area contributed by atoms with Gasteiger partial charge in [-0.1, -0.05) is 24.6 Å². The lowest BCUT2D eigenvalue weighted by atomic mass is 9.99. The van der Waals surface area contributed by atoms with Crippen LogP contribution >= 0.6 is 11.6 Å². The predicted molar refractivity (Wildman–Crippen MR) is 125 cm³/mol. The van der Waals surface area contributed by atoms with Crippen LogP contribution in [0.2, 0.25) is 5.02 Å². The Bertz CT molecular complexity index is 832. The molecule has 2 heterocycles. The van der Waals surface area contributed by atoms with Crippen LogP contribution in [0.1, 0.15) is 40.0 Å². The summed E-state index contributed by atoms with van der Waals surface area (Å²) in [6.45, 7) is 9.20. The monoisotopic (exact) mass is 448 g/mol. The van der Waals surface area contributed by atoms with Gasteiger partial charge in [-0.15, -0.1) is 0 Å². The number of hydrogen-bond acceptors (Lipinski definition) is 4. The van der Waals surface area contributed by atoms with E-state index < -0.39 is 5.54 Å². The second-order valence-corrected chi connectivity index (χ2v) is 8.68. The van der Waals surface area contributed by atoms with E-state index in [0.717, 1.165) is 42.7 Å². The van der Waals surface area contributed by atoms with E-state index in [-0.39, 0.29) is 18.0 Å². The maximum Gasteiger partial charge on any atom is 0.325 e. The SMILES string of the molecule is CCNC(=NCCCN1C(=O)NC(C)(CC)C1=O)NC1CCN(c2cccc(Cl)c2)C1. The molecule has 2 fully saturated rings. The van der Waals surface area contributed by atoms with E-state index in [1.54, 1.807) is 6.92 Å². The van der Waals surface area contributed by atoms with Gasteiger partial charge in [0, 0.05) is 49.5 Å². The van der Waals surface area contributed by atoms with E-state index in [9.17, 15) is 9.59 Å². The summed E-state index contributed by atoms with van der Waals surface area (Å²) in [6.07, 6.45) is 2.21. The molecular formula is C22H33ClN6O2. The van der Waals surface area contributed by atoms with Gasteiger partial charge in [-0.25, -0.2) is 4.79 Å². The number of imide groups is 1. The third kappa shape index (κ3) is 5.61. The number of nitrogens with zero attached hydrogens (tertiary/aromatic N) is 3. The number of urea groups is 1. The summed E-state index contributed by atoms with van der Waals surface area (Å²) in [5, 5.41) is 10.3. The molecule has 3 rings (SSSR count). The Morgan fingerprint density at radius 2 is 2.16 bits per heavy atom. The van der Waals surface area contributed by atoms with Crippen molar-refractivity contribution in [3.8, 4) is 0 Å². The molecule has 2 aliphatic heterocycles. The van der Waals surface area contributed by atoms with Gasteiger partial charge in [0.15, 0.2) is 5.96 Å². The molecule has 31 heavy (non-hydrogen) atoms. The van der Waals surface area contributed by atoms with E-state index in [1.165, 1.54) is 4.90 Å². The van der Waals surface area contributed by atoms with Gasteiger partial charge < -0.3 is 20.9 Å². The molecule has 8 nitrogen and oxygen atoms in total. The van der Waals surface area contributed by atoms with Gasteiger partial charge in [-0.2, -0.15) is 0 Å². The number of halogens is 1. The summed E-state index contributed by atoms with van der Waals surface area (Å²) in [4.78, 5) is 32.8. The van der Waals surface area contributed by atoms with Crippen molar-refractivity contribution in [3.05, 3.63) is 29.3 Å². The number of carbonyl (C=O) groups is 2. The average molecular weight is 449 g/mol. The minimum Gasteiger partial charge on any atom is -0.369 e. The van der Waals surface area contributed by atoms with Crippen LogP contribution in [0.25, 0.3) is 0 Å². The van der Waals surface area contributed by atoms with Crippen LogP contribution in [0.4, 0.5) is 10.5 Å². The molecule has 3 N–H and O–H groups in total. The fraction of sp³-hybridized carbons (Fsp3) is 0.591. The molecule has 170 valence electrons. The van der Waals surface area contributed by atoms with Crippen molar-refractivity contribution < 1.29 is 9.59 Å². The van der Waals surface area contributed by atoms with Crippen molar-refractivity contribution in [2.45, 2.75) is 51.6 Å². The molecule has 0 aromatic heterocycles. The molecule has 0 radical (unpaired) electrons. The summed E-state index contributed by atoms with van der Waals surface area (Å²) in [5.74, 6) is 0.608. The zero-order valence-corrected chi connectivity index (χ0v) is 19.3. The van der Waals surface area contributed by atoms with Gasteiger partial charge in [0.05, 0.1) is 0 Å². The number of rotatable bonds is 8. The predicted octanol–water partition coefficient (Wildman–Crippen LogP) is 2.58. The Kier molecular flexibility index (Phi) is 7.64. The second kappa shape index (κ2) is 10.2. The second-order valence-electron chi connectivity index (χ2n) is 8.24. The topological polar surface area (TPSA) is 89.1 Å². The first-order chi connectivity index (χ1) is 14.9. The van der Waals surface area contributed by atoms with Gasteiger partial charge in [0.1, 0.15) is 5.54 Å². The molecule has 2 unspecified atom stereocenters. The van der Waals surface area contributed by atoms with Crippen LogP contribution in [-0.4, -0.2) is 67.1 Å². The fourth-order valence-electron chi connectivity index (χ4n) is 3.91. The number of anilines is 1. The van der Waals surface area contributed by atoms with E-state index in [1.807, 2.05) is 32.0 Å². The quantitative estimate of drug-likeness (QED) is 0.246. The molecule has 0 spiro atoms. The van der Waals surface area contributed by atoms with Crippen molar-refractivity contribution in [2.75, 3.05) is 37.6 Å². The lowest BCUT2D eigenvalue weighted by Gasteiger charge is -2.21. The van der Waals surface area contributed by atoms with Gasteiger partial charge in [0.2, 0.25) is 0 Å². The van der Waals surface area contributed by atoms with Crippen LogP contribution in [0.5, 0.6) is 0 Å². The number of hydrogen-bond donors (Lipinski definition) is 3. The minimum atomic E-state index is -0.784. The summed E-state index contributed by atoms with van der Waals surface area (Å²) in [7, 11) is 0. The highest BCUT2D eigenvalue weighted by Gasteiger charge is 2.45. The molecule has 2 atom stereocenters. The zero-order valence-electron chi connectivity index (χ0n) is 18.6. The highest BCUT2D eigenvalue weighted by Crippen LogP contribution is 2.23. The Balaban J connectivity index is 1.49. The maximum atomic E-state index is 12.5. The maximum absolute atomic E-state index is 12.5. The summed E-state index contributed by atoms with van der Waals surface area (Å²) in [6, 6.07) is 7.89. The fourth-order valence-corrected chi connectivity index (χ4v) is 4.09. The third-order valence-corrected chi connectivity index (χ3v) is 6.14. The standard InChI is InChI=1S/C22H33ClN6O2/c1-4-22(3)19(30)29(21(31)27-22)12-7-11-25-20(24-5-2)26-17-10-13-28(15-17)18-9-6-8-16(23)14-18/h6,8-9,14,17H,4-5,7,10-13,15H2,1-3H3,(H,27,31)(H2,24,25,26). The summed E-state index contributed by atoms with van der Waals surface area (Å²) in [5.41, 5.74) is 0.347. The van der Waals surface area contributed by atoms with Gasteiger partial charge in [-0.05, 0) is 51.3 Å². The molecule has 1 aromatic carbocycles. The summed E-state index contributed by atoms with van der Waals surface area (Å²) < 4.78 is 0. The molecule has 1 aromatic rings. The van der Waals surface area contributed by atoms with Crippen molar-refractivity contribution >= 4 is 35.2 Å². The molecule has 2 aliphatic rings. The van der Waals surface area contributed by atoms with Crippen LogP contribution in [0, 0.1) is 0 Å². The largest absolute Gasteiger partial charge is 0.369 e. The van der Waals surface area contributed by atoms with Crippen LogP contribution in [-0.2, 0) is 4.79 Å². The first-order valence-corrected chi connectivity index (χ1v) is 11.4. The van der Waals surface area contributed by atoms with Gasteiger partial charge >= 0.3 is 6.03 Å². The van der Waals surface area contributed by atoms with Gasteiger partial charge in [-0.3, -0.25) is 14.7 Å². The van der Waals surface area contributed by atoms with Crippen molar-refractivity contribution in [3.63, 3.8) is 0 Å². The van der Waals surface area contributed by atoms with Crippen LogP contribution in [0.15, 0.2) is 29.3 Å². The average Bonchev–Trinajstić information content (AvgIpc) is 3.29. The Morgan fingerprint density at radius 3 is 2.84 bits per heavy atom. The third-order valence-electron chi connectivity index (χ3n) is 5.91. The molecule has 0 bridgehead atoms. The Labute approximate surface area is 189 Å². The number of guanidine groups is 1. The Morgan fingerprint density at radius 1 is 1.35 bits per heavy atom. The van der Waals surface area contributed by atoms with E-state index in [4.69, 9.17) is 11.6 Å². The molecule has 3 amide bonds. The molecule has 9 heteroatoms. The number of benzene rings is 1. The van der Waals surface area contributed by atoms with E-state index >= 15 is 0 Å². The smallest absolute Gasteiger partial charge is 0.325 e. The van der Waals surface area contributed by atoms with E-state index in [2.05, 4.69) is 31.9 Å². The van der Waals surface area contributed by atoms with E-state index in [0.29, 0.717) is 25.9 Å². The number of amides is 3. The first kappa shape index (κ1) is 23.2. The molecule has 0 saturated carbocycles. The number of carbonyl (C=O) groups excluding carboxylic acids is 2. The zero-order chi connectivity index (χ0) is 22.4. The molecule has 0 aliphatic carbocycles. The van der Waals surface area contributed by atoms with Crippen LogP contribution < -0.4 is 20.9 Å². The van der Waals surface area contributed by atoms with Crippen LogP contribution in [0.3, 0.4) is 0 Å². The lowest BCUT2D eigenvalue weighted by molar-refractivity contribution is -0.130. The van der Waals surface area contributed by atoms with Crippen molar-refractivity contribution in [1.82, 2.24) is 20.9 Å². The molecular weight excluding hydrogens is 416 g/mol. The highest BCUT2D eigenvalue weighted by atomic mass is 35.5. The molecule has 2 saturated heterocycles. The van der Waals surface area contributed by atoms with Gasteiger partial charge in [0.25, 0.3) is 5.91 Å².